The molecule has 0 saturated heterocycles. The molecule has 17 heavy (non-hydrogen) atoms. The standard InChI is InChI=1S/C12H23NO4/c1-12(2,17-3)11(16)13-9-7-5-4-6-8-10(14)15/h4-9H2,1-3H3,(H,13,16)(H,14,15). The second-order valence-electron chi connectivity index (χ2n) is 4.53. The van der Waals surface area contributed by atoms with Crippen molar-refractivity contribution >= 4 is 11.9 Å². The molecule has 0 fully saturated rings. The average Bonchev–Trinajstić information content (AvgIpc) is 2.27. The summed E-state index contributed by atoms with van der Waals surface area (Å²) in [4.78, 5) is 21.8. The molecule has 5 heteroatoms. The molecule has 1 amide bonds. The van der Waals surface area contributed by atoms with Crippen LogP contribution in [0, 0.1) is 0 Å². The van der Waals surface area contributed by atoms with E-state index in [4.69, 9.17) is 9.84 Å². The van der Waals surface area contributed by atoms with Gasteiger partial charge in [-0.05, 0) is 26.7 Å². The summed E-state index contributed by atoms with van der Waals surface area (Å²) in [6, 6.07) is 0. The maximum absolute atomic E-state index is 11.6. The minimum Gasteiger partial charge on any atom is -0.481 e. The van der Waals surface area contributed by atoms with Gasteiger partial charge < -0.3 is 15.2 Å². The van der Waals surface area contributed by atoms with Crippen molar-refractivity contribution < 1.29 is 19.4 Å². The fourth-order valence-electron chi connectivity index (χ4n) is 1.26. The van der Waals surface area contributed by atoms with E-state index in [0.717, 1.165) is 19.3 Å². The van der Waals surface area contributed by atoms with E-state index in [-0.39, 0.29) is 12.3 Å². The number of amides is 1. The van der Waals surface area contributed by atoms with Crippen molar-refractivity contribution in [3.63, 3.8) is 0 Å². The molecule has 0 aromatic carbocycles. The van der Waals surface area contributed by atoms with Gasteiger partial charge in [0.2, 0.25) is 0 Å². The lowest BCUT2D eigenvalue weighted by atomic mass is 10.1. The van der Waals surface area contributed by atoms with Crippen LogP contribution in [-0.4, -0.2) is 36.2 Å². The summed E-state index contributed by atoms with van der Waals surface area (Å²) in [5.74, 6) is -0.870. The first-order valence-corrected chi connectivity index (χ1v) is 5.95. The minimum atomic E-state index is -0.788. The summed E-state index contributed by atoms with van der Waals surface area (Å²) >= 11 is 0. The van der Waals surface area contributed by atoms with E-state index < -0.39 is 11.6 Å². The molecule has 0 aromatic rings. The monoisotopic (exact) mass is 245 g/mol. The third kappa shape index (κ3) is 7.74. The maximum Gasteiger partial charge on any atom is 0.303 e. The van der Waals surface area contributed by atoms with E-state index in [9.17, 15) is 9.59 Å². The number of carbonyl (C=O) groups excluding carboxylic acids is 1. The average molecular weight is 245 g/mol. The number of rotatable bonds is 9. The smallest absolute Gasteiger partial charge is 0.303 e. The van der Waals surface area contributed by atoms with Gasteiger partial charge in [0.25, 0.3) is 5.91 Å². The number of carboxylic acids is 1. The number of carbonyl (C=O) groups is 2. The van der Waals surface area contributed by atoms with Crippen LogP contribution in [0.1, 0.15) is 46.0 Å². The topological polar surface area (TPSA) is 75.6 Å². The molecule has 0 aliphatic carbocycles. The Labute approximate surface area is 103 Å². The summed E-state index contributed by atoms with van der Waals surface area (Å²) in [6.45, 7) is 4.04. The lowest BCUT2D eigenvalue weighted by Crippen LogP contribution is -2.43. The van der Waals surface area contributed by atoms with Crippen molar-refractivity contribution in [1.29, 1.82) is 0 Å². The van der Waals surface area contributed by atoms with Gasteiger partial charge in [-0.15, -0.1) is 0 Å². The number of hydrogen-bond donors (Lipinski definition) is 2. The van der Waals surface area contributed by atoms with Gasteiger partial charge in [-0.2, -0.15) is 0 Å². The van der Waals surface area contributed by atoms with Gasteiger partial charge in [0.1, 0.15) is 5.60 Å². The number of methoxy groups -OCH3 is 1. The highest BCUT2D eigenvalue weighted by atomic mass is 16.5. The van der Waals surface area contributed by atoms with E-state index >= 15 is 0 Å². The zero-order valence-corrected chi connectivity index (χ0v) is 10.9. The molecule has 0 heterocycles. The highest BCUT2D eigenvalue weighted by molar-refractivity contribution is 5.84. The Bertz CT molecular complexity index is 251. The van der Waals surface area contributed by atoms with Gasteiger partial charge in [-0.1, -0.05) is 12.8 Å². The Balaban J connectivity index is 3.46. The molecule has 2 N–H and O–H groups in total. The normalized spacial score (nSPS) is 11.2. The van der Waals surface area contributed by atoms with Gasteiger partial charge in [0.15, 0.2) is 0 Å². The molecular formula is C12H23NO4. The molecule has 0 spiro atoms. The quantitative estimate of drug-likeness (QED) is 0.604. The SMILES string of the molecule is COC(C)(C)C(=O)NCCCCCCC(=O)O. The summed E-state index contributed by atoms with van der Waals surface area (Å²) < 4.78 is 5.04. The van der Waals surface area contributed by atoms with E-state index in [1.54, 1.807) is 13.8 Å². The molecule has 0 aliphatic heterocycles. The van der Waals surface area contributed by atoms with E-state index in [2.05, 4.69) is 5.32 Å². The van der Waals surface area contributed by atoms with Crippen LogP contribution >= 0.6 is 0 Å². The summed E-state index contributed by atoms with van der Waals surface area (Å²) in [7, 11) is 1.51. The number of aliphatic carboxylic acids is 1. The van der Waals surface area contributed by atoms with E-state index in [0.29, 0.717) is 13.0 Å². The van der Waals surface area contributed by atoms with Gasteiger partial charge in [0.05, 0.1) is 0 Å². The fraction of sp³-hybridized carbons (Fsp3) is 0.833. The van der Waals surface area contributed by atoms with Crippen LogP contribution in [0.4, 0.5) is 0 Å². The van der Waals surface area contributed by atoms with Crippen molar-refractivity contribution in [2.45, 2.75) is 51.6 Å². The molecular weight excluding hydrogens is 222 g/mol. The van der Waals surface area contributed by atoms with Gasteiger partial charge in [-0.3, -0.25) is 9.59 Å². The largest absolute Gasteiger partial charge is 0.481 e. The zero-order valence-electron chi connectivity index (χ0n) is 10.9. The minimum absolute atomic E-state index is 0.120. The molecule has 0 rings (SSSR count). The van der Waals surface area contributed by atoms with Crippen molar-refractivity contribution in [1.82, 2.24) is 5.32 Å². The Morgan fingerprint density at radius 2 is 1.76 bits per heavy atom. The van der Waals surface area contributed by atoms with Crippen LogP contribution in [0.3, 0.4) is 0 Å². The molecule has 5 nitrogen and oxygen atoms in total. The van der Waals surface area contributed by atoms with Crippen LogP contribution in [0.15, 0.2) is 0 Å². The highest BCUT2D eigenvalue weighted by Crippen LogP contribution is 2.07. The molecule has 0 unspecified atom stereocenters. The first-order valence-electron chi connectivity index (χ1n) is 5.95. The van der Waals surface area contributed by atoms with Gasteiger partial charge in [0, 0.05) is 20.1 Å². The van der Waals surface area contributed by atoms with E-state index in [1.165, 1.54) is 7.11 Å². The number of ether oxygens (including phenoxy) is 1. The Morgan fingerprint density at radius 3 is 2.29 bits per heavy atom. The Morgan fingerprint density at radius 1 is 1.18 bits per heavy atom. The first kappa shape index (κ1) is 15.9. The number of unbranched alkanes of at least 4 members (excludes halogenated alkanes) is 3. The maximum atomic E-state index is 11.6. The second kappa shape index (κ2) is 8.06. The third-order valence-corrected chi connectivity index (χ3v) is 2.66. The Hall–Kier alpha value is -1.10. The molecule has 0 saturated carbocycles. The molecule has 0 bridgehead atoms. The fourth-order valence-corrected chi connectivity index (χ4v) is 1.26. The number of nitrogens with one attached hydrogen (secondary N) is 1. The molecule has 0 aliphatic rings. The predicted octanol–water partition coefficient (Wildman–Crippen LogP) is 1.56. The summed E-state index contributed by atoms with van der Waals surface area (Å²) in [6.07, 6.45) is 3.61. The van der Waals surface area contributed by atoms with Crippen LogP contribution in [0.5, 0.6) is 0 Å². The summed E-state index contributed by atoms with van der Waals surface area (Å²) in [5.41, 5.74) is -0.788. The van der Waals surface area contributed by atoms with Crippen molar-refractivity contribution in [3.8, 4) is 0 Å². The van der Waals surface area contributed by atoms with Crippen molar-refractivity contribution in [3.05, 3.63) is 0 Å². The van der Waals surface area contributed by atoms with Gasteiger partial charge >= 0.3 is 5.97 Å². The lowest BCUT2D eigenvalue weighted by Gasteiger charge is -2.21. The molecule has 0 aromatic heterocycles. The second-order valence-corrected chi connectivity index (χ2v) is 4.53. The summed E-state index contributed by atoms with van der Waals surface area (Å²) in [5, 5.41) is 11.2. The molecule has 100 valence electrons. The van der Waals surface area contributed by atoms with Crippen LogP contribution < -0.4 is 5.32 Å². The van der Waals surface area contributed by atoms with Gasteiger partial charge in [-0.25, -0.2) is 0 Å². The highest BCUT2D eigenvalue weighted by Gasteiger charge is 2.25. The van der Waals surface area contributed by atoms with Crippen LogP contribution in [0.2, 0.25) is 0 Å². The number of hydrogen-bond acceptors (Lipinski definition) is 3. The van der Waals surface area contributed by atoms with E-state index in [1.807, 2.05) is 0 Å². The lowest BCUT2D eigenvalue weighted by molar-refractivity contribution is -0.139. The molecule has 0 atom stereocenters. The third-order valence-electron chi connectivity index (χ3n) is 2.66. The first-order chi connectivity index (χ1) is 7.90. The zero-order chi connectivity index (χ0) is 13.3. The predicted molar refractivity (Wildman–Crippen MR) is 64.8 cm³/mol. The van der Waals surface area contributed by atoms with Crippen molar-refractivity contribution in [2.75, 3.05) is 13.7 Å². The number of carboxylic acid groups (broad SMARTS) is 1. The van der Waals surface area contributed by atoms with Crippen LogP contribution in [0.25, 0.3) is 0 Å². The van der Waals surface area contributed by atoms with Crippen LogP contribution in [-0.2, 0) is 14.3 Å². The molecule has 0 radical (unpaired) electrons. The Kier molecular flexibility index (Phi) is 7.54. The van der Waals surface area contributed by atoms with Crippen molar-refractivity contribution in [2.24, 2.45) is 0 Å².